The molecule has 0 amide bonds. The highest BCUT2D eigenvalue weighted by Crippen LogP contribution is 2.32. The summed E-state index contributed by atoms with van der Waals surface area (Å²) in [5.41, 5.74) is 5.81. The minimum absolute atomic E-state index is 0.140. The van der Waals surface area contributed by atoms with Gasteiger partial charge in [-0.1, -0.05) is 20.8 Å². The fraction of sp³-hybridized carbons (Fsp3) is 0.933. The molecule has 2 unspecified atom stereocenters. The Hall–Kier alpha value is -0.610. The minimum Gasteiger partial charge on any atom is -0.460 e. The number of hydrogen-bond donors (Lipinski definition) is 1. The summed E-state index contributed by atoms with van der Waals surface area (Å²) >= 11 is 0. The molecule has 0 saturated heterocycles. The maximum atomic E-state index is 11.7. The van der Waals surface area contributed by atoms with Crippen molar-refractivity contribution in [2.75, 3.05) is 19.8 Å². The Kier molecular flexibility index (Phi) is 9.02. The van der Waals surface area contributed by atoms with Gasteiger partial charge in [-0.3, -0.25) is 4.79 Å². The molecule has 2 N–H and O–H groups in total. The Morgan fingerprint density at radius 1 is 1.26 bits per heavy atom. The summed E-state index contributed by atoms with van der Waals surface area (Å²) in [7, 11) is 0. The second-order valence-corrected chi connectivity index (χ2v) is 6.14. The van der Waals surface area contributed by atoms with Crippen LogP contribution in [0.25, 0.3) is 0 Å². The predicted molar refractivity (Wildman–Crippen MR) is 77.9 cm³/mol. The molecule has 0 saturated carbocycles. The van der Waals surface area contributed by atoms with E-state index in [2.05, 4.69) is 20.8 Å². The summed E-state index contributed by atoms with van der Waals surface area (Å²) in [6.45, 7) is 12.1. The lowest BCUT2D eigenvalue weighted by Gasteiger charge is -2.30. The third kappa shape index (κ3) is 9.00. The summed E-state index contributed by atoms with van der Waals surface area (Å²) in [5, 5.41) is 0. The molecular weight excluding hydrogens is 242 g/mol. The van der Waals surface area contributed by atoms with Gasteiger partial charge in [-0.05, 0) is 44.6 Å². The highest BCUT2D eigenvalue weighted by atomic mass is 16.6. The summed E-state index contributed by atoms with van der Waals surface area (Å²) < 4.78 is 10.5. The molecule has 0 aromatic heterocycles. The number of hydrogen-bond acceptors (Lipinski definition) is 4. The summed E-state index contributed by atoms with van der Waals surface area (Å²) in [6, 6.07) is 0. The molecular formula is C15H31NO3. The predicted octanol–water partition coefficient (Wildman–Crippen LogP) is 2.75. The molecule has 0 aliphatic heterocycles. The van der Waals surface area contributed by atoms with Gasteiger partial charge in [0, 0.05) is 13.0 Å². The van der Waals surface area contributed by atoms with Gasteiger partial charge in [0.05, 0.1) is 6.61 Å². The van der Waals surface area contributed by atoms with Crippen LogP contribution in [0.3, 0.4) is 0 Å². The SMILES string of the molecule is CCOCC(C)OC(=O)CCC(CCN)C(C)(C)C. The van der Waals surface area contributed by atoms with Crippen molar-refractivity contribution in [1.82, 2.24) is 0 Å². The number of esters is 1. The fourth-order valence-electron chi connectivity index (χ4n) is 2.10. The first-order valence-electron chi connectivity index (χ1n) is 7.28. The molecule has 0 aromatic carbocycles. The molecule has 19 heavy (non-hydrogen) atoms. The number of nitrogens with two attached hydrogens (primary N) is 1. The normalized spacial score (nSPS) is 15.1. The number of rotatable bonds is 9. The van der Waals surface area contributed by atoms with Crippen LogP contribution in [0.5, 0.6) is 0 Å². The van der Waals surface area contributed by atoms with Crippen molar-refractivity contribution >= 4 is 5.97 Å². The topological polar surface area (TPSA) is 61.5 Å². The van der Waals surface area contributed by atoms with Gasteiger partial charge in [0.1, 0.15) is 6.10 Å². The van der Waals surface area contributed by atoms with E-state index in [0.717, 1.165) is 12.8 Å². The van der Waals surface area contributed by atoms with Crippen molar-refractivity contribution in [2.45, 2.75) is 60.0 Å². The first-order valence-corrected chi connectivity index (χ1v) is 7.28. The van der Waals surface area contributed by atoms with Crippen molar-refractivity contribution in [2.24, 2.45) is 17.1 Å². The van der Waals surface area contributed by atoms with Gasteiger partial charge >= 0.3 is 5.97 Å². The first-order chi connectivity index (χ1) is 8.81. The van der Waals surface area contributed by atoms with Crippen molar-refractivity contribution in [1.29, 1.82) is 0 Å². The zero-order valence-electron chi connectivity index (χ0n) is 13.2. The number of carbonyl (C=O) groups is 1. The molecule has 0 rings (SSSR count). The van der Waals surface area contributed by atoms with Crippen LogP contribution in [0.1, 0.15) is 53.9 Å². The summed E-state index contributed by atoms with van der Waals surface area (Å²) in [4.78, 5) is 11.7. The van der Waals surface area contributed by atoms with E-state index in [1.165, 1.54) is 0 Å². The second kappa shape index (κ2) is 9.32. The Morgan fingerprint density at radius 3 is 2.37 bits per heavy atom. The zero-order chi connectivity index (χ0) is 14.9. The third-order valence-corrected chi connectivity index (χ3v) is 3.33. The van der Waals surface area contributed by atoms with Crippen molar-refractivity contribution in [3.63, 3.8) is 0 Å². The minimum atomic E-state index is -0.171. The standard InChI is InChI=1S/C15H31NO3/c1-6-18-11-12(2)19-14(17)8-7-13(9-10-16)15(3,4)5/h12-13H,6-11,16H2,1-5H3. The largest absolute Gasteiger partial charge is 0.460 e. The third-order valence-electron chi connectivity index (χ3n) is 3.33. The van der Waals surface area contributed by atoms with Crippen LogP contribution in [-0.2, 0) is 14.3 Å². The lowest BCUT2D eigenvalue weighted by molar-refractivity contribution is -0.151. The van der Waals surface area contributed by atoms with Crippen LogP contribution in [0, 0.1) is 11.3 Å². The molecule has 114 valence electrons. The first kappa shape index (κ1) is 18.4. The molecule has 0 bridgehead atoms. The van der Waals surface area contributed by atoms with Gasteiger partial charge in [0.25, 0.3) is 0 Å². The van der Waals surface area contributed by atoms with Gasteiger partial charge in [-0.2, -0.15) is 0 Å². The quantitative estimate of drug-likeness (QED) is 0.656. The molecule has 0 heterocycles. The molecule has 0 aliphatic rings. The van der Waals surface area contributed by atoms with Crippen LogP contribution >= 0.6 is 0 Å². The van der Waals surface area contributed by atoms with Crippen LogP contribution in [0.15, 0.2) is 0 Å². The maximum Gasteiger partial charge on any atom is 0.306 e. The fourth-order valence-corrected chi connectivity index (χ4v) is 2.10. The Bertz CT molecular complexity index is 248. The van der Waals surface area contributed by atoms with E-state index in [-0.39, 0.29) is 17.5 Å². The Balaban J connectivity index is 4.04. The smallest absolute Gasteiger partial charge is 0.306 e. The summed E-state index contributed by atoms with van der Waals surface area (Å²) in [6.07, 6.45) is 2.07. The number of carbonyl (C=O) groups excluding carboxylic acids is 1. The lowest BCUT2D eigenvalue weighted by Crippen LogP contribution is -2.25. The Labute approximate surface area is 118 Å². The van der Waals surface area contributed by atoms with Crippen LogP contribution < -0.4 is 5.73 Å². The number of ether oxygens (including phenoxy) is 2. The molecule has 0 radical (unpaired) electrons. The van der Waals surface area contributed by atoms with Crippen molar-refractivity contribution in [3.8, 4) is 0 Å². The van der Waals surface area contributed by atoms with Crippen LogP contribution in [0.2, 0.25) is 0 Å². The van der Waals surface area contributed by atoms with Crippen molar-refractivity contribution in [3.05, 3.63) is 0 Å². The van der Waals surface area contributed by atoms with Gasteiger partial charge in [0.2, 0.25) is 0 Å². The molecule has 4 nitrogen and oxygen atoms in total. The van der Waals surface area contributed by atoms with E-state index in [9.17, 15) is 4.79 Å². The maximum absolute atomic E-state index is 11.7. The van der Waals surface area contributed by atoms with E-state index < -0.39 is 0 Å². The van der Waals surface area contributed by atoms with Crippen LogP contribution in [-0.4, -0.2) is 31.8 Å². The van der Waals surface area contributed by atoms with E-state index in [0.29, 0.717) is 32.1 Å². The lowest BCUT2D eigenvalue weighted by atomic mass is 9.76. The molecule has 2 atom stereocenters. The Morgan fingerprint density at radius 2 is 1.89 bits per heavy atom. The van der Waals surface area contributed by atoms with Crippen molar-refractivity contribution < 1.29 is 14.3 Å². The molecule has 0 aromatic rings. The molecule has 0 spiro atoms. The average molecular weight is 273 g/mol. The monoisotopic (exact) mass is 273 g/mol. The van der Waals surface area contributed by atoms with Gasteiger partial charge < -0.3 is 15.2 Å². The van der Waals surface area contributed by atoms with E-state index in [4.69, 9.17) is 15.2 Å². The van der Waals surface area contributed by atoms with Gasteiger partial charge in [-0.25, -0.2) is 0 Å². The average Bonchev–Trinajstić information content (AvgIpc) is 2.30. The van der Waals surface area contributed by atoms with Gasteiger partial charge in [-0.15, -0.1) is 0 Å². The molecule has 4 heteroatoms. The highest BCUT2D eigenvalue weighted by molar-refractivity contribution is 5.69. The second-order valence-electron chi connectivity index (χ2n) is 6.14. The summed E-state index contributed by atoms with van der Waals surface area (Å²) in [5.74, 6) is 0.311. The van der Waals surface area contributed by atoms with E-state index in [1.807, 2.05) is 13.8 Å². The highest BCUT2D eigenvalue weighted by Gasteiger charge is 2.24. The van der Waals surface area contributed by atoms with Gasteiger partial charge in [0.15, 0.2) is 0 Å². The molecule has 0 fully saturated rings. The van der Waals surface area contributed by atoms with Crippen LogP contribution in [0.4, 0.5) is 0 Å². The van der Waals surface area contributed by atoms with E-state index in [1.54, 1.807) is 0 Å². The zero-order valence-corrected chi connectivity index (χ0v) is 13.2. The van der Waals surface area contributed by atoms with E-state index >= 15 is 0 Å². The molecule has 0 aliphatic carbocycles.